The monoisotopic (exact) mass is 265 g/mol. The number of hydrogen-bond donors (Lipinski definition) is 0. The molecular formula is C14H23N3O2. The lowest BCUT2D eigenvalue weighted by Gasteiger charge is -2.35. The summed E-state index contributed by atoms with van der Waals surface area (Å²) in [5.74, 6) is 1.33. The number of aromatic nitrogens is 1. The van der Waals surface area contributed by atoms with Crippen molar-refractivity contribution < 1.29 is 9.32 Å². The number of carbonyl (C=O) groups is 1. The van der Waals surface area contributed by atoms with E-state index in [0.717, 1.165) is 50.6 Å². The fraction of sp³-hybridized carbons (Fsp3) is 0.714. The number of piperazine rings is 1. The maximum atomic E-state index is 12.1. The Hall–Kier alpha value is -1.36. The molecule has 2 heterocycles. The molecule has 0 N–H and O–H groups in total. The highest BCUT2D eigenvalue weighted by Gasteiger charge is 2.24. The molecule has 1 aromatic rings. The normalized spacial score (nSPS) is 18.6. The molecule has 0 bridgehead atoms. The highest BCUT2D eigenvalue weighted by Crippen LogP contribution is 2.12. The zero-order chi connectivity index (χ0) is 13.8. The first-order chi connectivity index (χ1) is 9.10. The van der Waals surface area contributed by atoms with E-state index in [1.54, 1.807) is 0 Å². The maximum Gasteiger partial charge on any atom is 0.225 e. The molecule has 1 amide bonds. The predicted octanol–water partition coefficient (Wildman–Crippen LogP) is 1.67. The molecule has 0 aliphatic carbocycles. The van der Waals surface area contributed by atoms with E-state index in [9.17, 15) is 4.79 Å². The van der Waals surface area contributed by atoms with Gasteiger partial charge in [0.15, 0.2) is 5.76 Å². The molecule has 0 aromatic carbocycles. The van der Waals surface area contributed by atoms with Crippen molar-refractivity contribution in [1.29, 1.82) is 0 Å². The van der Waals surface area contributed by atoms with Crippen LogP contribution in [0.3, 0.4) is 0 Å². The standard InChI is InChI=1S/C14H23N3O2/c1-4-11(2)14(18)17-7-5-16(6-8-17)10-13-9-12(3)15-19-13/h9,11H,4-8,10H2,1-3H3. The van der Waals surface area contributed by atoms with Crippen molar-refractivity contribution >= 4 is 5.91 Å². The Bertz CT molecular complexity index is 422. The van der Waals surface area contributed by atoms with Crippen LogP contribution in [0.4, 0.5) is 0 Å². The van der Waals surface area contributed by atoms with E-state index < -0.39 is 0 Å². The summed E-state index contributed by atoms with van der Waals surface area (Å²) in [7, 11) is 0. The summed E-state index contributed by atoms with van der Waals surface area (Å²) >= 11 is 0. The lowest BCUT2D eigenvalue weighted by atomic mass is 10.1. The van der Waals surface area contributed by atoms with Crippen molar-refractivity contribution in [2.75, 3.05) is 26.2 Å². The van der Waals surface area contributed by atoms with Crippen LogP contribution in [0.1, 0.15) is 31.7 Å². The van der Waals surface area contributed by atoms with Gasteiger partial charge >= 0.3 is 0 Å². The van der Waals surface area contributed by atoms with Crippen molar-refractivity contribution in [3.05, 3.63) is 17.5 Å². The van der Waals surface area contributed by atoms with Gasteiger partial charge in [-0.3, -0.25) is 9.69 Å². The van der Waals surface area contributed by atoms with Gasteiger partial charge in [-0.25, -0.2) is 0 Å². The summed E-state index contributed by atoms with van der Waals surface area (Å²) in [4.78, 5) is 16.4. The Kier molecular flexibility index (Phi) is 4.58. The smallest absolute Gasteiger partial charge is 0.225 e. The van der Waals surface area contributed by atoms with Gasteiger partial charge in [0.1, 0.15) is 0 Å². The Morgan fingerprint density at radius 3 is 2.63 bits per heavy atom. The van der Waals surface area contributed by atoms with Crippen LogP contribution in [-0.4, -0.2) is 47.0 Å². The number of aryl methyl sites for hydroxylation is 1. The fourth-order valence-electron chi connectivity index (χ4n) is 2.32. The molecule has 5 heteroatoms. The summed E-state index contributed by atoms with van der Waals surface area (Å²) in [5, 5.41) is 3.89. The molecule has 2 rings (SSSR count). The summed E-state index contributed by atoms with van der Waals surface area (Å²) in [6.07, 6.45) is 0.913. The molecule has 1 aliphatic rings. The third-order valence-electron chi connectivity index (χ3n) is 3.77. The van der Waals surface area contributed by atoms with E-state index in [1.165, 1.54) is 0 Å². The summed E-state index contributed by atoms with van der Waals surface area (Å²) in [5.41, 5.74) is 0.917. The van der Waals surface area contributed by atoms with E-state index in [1.807, 2.05) is 24.8 Å². The Morgan fingerprint density at radius 1 is 1.42 bits per heavy atom. The maximum absolute atomic E-state index is 12.1. The molecule has 0 saturated carbocycles. The van der Waals surface area contributed by atoms with Crippen LogP contribution in [-0.2, 0) is 11.3 Å². The number of nitrogens with zero attached hydrogens (tertiary/aromatic N) is 3. The Labute approximate surface area is 114 Å². The first kappa shape index (κ1) is 14.1. The second-order valence-corrected chi connectivity index (χ2v) is 5.35. The number of amides is 1. The van der Waals surface area contributed by atoms with Gasteiger partial charge in [0.05, 0.1) is 12.2 Å². The molecule has 5 nitrogen and oxygen atoms in total. The van der Waals surface area contributed by atoms with Crippen molar-refractivity contribution in [3.63, 3.8) is 0 Å². The minimum Gasteiger partial charge on any atom is -0.360 e. The third kappa shape index (κ3) is 3.56. The van der Waals surface area contributed by atoms with Crippen LogP contribution in [0.15, 0.2) is 10.6 Å². The fourth-order valence-corrected chi connectivity index (χ4v) is 2.32. The van der Waals surface area contributed by atoms with E-state index in [4.69, 9.17) is 4.52 Å². The number of carbonyl (C=O) groups excluding carboxylic acids is 1. The molecule has 106 valence electrons. The van der Waals surface area contributed by atoms with E-state index in [-0.39, 0.29) is 11.8 Å². The Morgan fingerprint density at radius 2 is 2.11 bits per heavy atom. The van der Waals surface area contributed by atoms with Crippen LogP contribution in [0.25, 0.3) is 0 Å². The zero-order valence-corrected chi connectivity index (χ0v) is 12.1. The van der Waals surface area contributed by atoms with Gasteiger partial charge < -0.3 is 9.42 Å². The summed E-state index contributed by atoms with van der Waals surface area (Å²) in [6.45, 7) is 10.2. The third-order valence-corrected chi connectivity index (χ3v) is 3.77. The average molecular weight is 265 g/mol. The molecule has 0 radical (unpaired) electrons. The van der Waals surface area contributed by atoms with Gasteiger partial charge in [-0.15, -0.1) is 0 Å². The second-order valence-electron chi connectivity index (χ2n) is 5.35. The molecule has 0 spiro atoms. The van der Waals surface area contributed by atoms with Crippen molar-refractivity contribution in [3.8, 4) is 0 Å². The van der Waals surface area contributed by atoms with Gasteiger partial charge in [-0.1, -0.05) is 19.0 Å². The molecule has 1 aliphatic heterocycles. The number of rotatable bonds is 4. The SMILES string of the molecule is CCC(C)C(=O)N1CCN(Cc2cc(C)no2)CC1. The second kappa shape index (κ2) is 6.19. The molecule has 1 unspecified atom stereocenters. The zero-order valence-electron chi connectivity index (χ0n) is 12.1. The van der Waals surface area contributed by atoms with Gasteiger partial charge in [0.2, 0.25) is 5.91 Å². The van der Waals surface area contributed by atoms with Gasteiger partial charge in [-0.05, 0) is 13.3 Å². The quantitative estimate of drug-likeness (QED) is 0.831. The molecule has 1 saturated heterocycles. The minimum atomic E-state index is 0.142. The van der Waals surface area contributed by atoms with Crippen LogP contribution < -0.4 is 0 Å². The summed E-state index contributed by atoms with van der Waals surface area (Å²) < 4.78 is 5.22. The highest BCUT2D eigenvalue weighted by molar-refractivity contribution is 5.78. The van der Waals surface area contributed by atoms with Gasteiger partial charge in [-0.2, -0.15) is 0 Å². The first-order valence-electron chi connectivity index (χ1n) is 7.03. The molecule has 1 atom stereocenters. The van der Waals surface area contributed by atoms with Crippen LogP contribution in [0, 0.1) is 12.8 Å². The van der Waals surface area contributed by atoms with Crippen LogP contribution >= 0.6 is 0 Å². The molecule has 1 fully saturated rings. The van der Waals surface area contributed by atoms with Crippen molar-refractivity contribution in [2.24, 2.45) is 5.92 Å². The number of hydrogen-bond acceptors (Lipinski definition) is 4. The largest absolute Gasteiger partial charge is 0.360 e. The minimum absolute atomic E-state index is 0.142. The highest BCUT2D eigenvalue weighted by atomic mass is 16.5. The van der Waals surface area contributed by atoms with E-state index >= 15 is 0 Å². The lowest BCUT2D eigenvalue weighted by molar-refractivity contribution is -0.136. The van der Waals surface area contributed by atoms with Crippen LogP contribution in [0.2, 0.25) is 0 Å². The van der Waals surface area contributed by atoms with Crippen molar-refractivity contribution in [1.82, 2.24) is 15.0 Å². The predicted molar refractivity (Wildman–Crippen MR) is 72.6 cm³/mol. The Balaban J connectivity index is 1.81. The average Bonchev–Trinajstić information content (AvgIpc) is 2.83. The topological polar surface area (TPSA) is 49.6 Å². The van der Waals surface area contributed by atoms with Gasteiger partial charge in [0.25, 0.3) is 0 Å². The lowest BCUT2D eigenvalue weighted by Crippen LogP contribution is -2.49. The molecular weight excluding hydrogens is 242 g/mol. The summed E-state index contributed by atoms with van der Waals surface area (Å²) in [6, 6.07) is 1.97. The van der Waals surface area contributed by atoms with E-state index in [0.29, 0.717) is 0 Å². The molecule has 1 aromatic heterocycles. The van der Waals surface area contributed by atoms with Crippen molar-refractivity contribution in [2.45, 2.75) is 33.7 Å². The van der Waals surface area contributed by atoms with Gasteiger partial charge in [0, 0.05) is 38.2 Å². The van der Waals surface area contributed by atoms with Crippen LogP contribution in [0.5, 0.6) is 0 Å². The first-order valence-corrected chi connectivity index (χ1v) is 7.03. The molecule has 19 heavy (non-hydrogen) atoms. The van der Waals surface area contributed by atoms with E-state index in [2.05, 4.69) is 17.0 Å².